The van der Waals surface area contributed by atoms with Crippen molar-refractivity contribution in [2.45, 2.75) is 11.6 Å². The third-order valence-corrected chi connectivity index (χ3v) is 3.67. The van der Waals surface area contributed by atoms with Gasteiger partial charge in [-0.25, -0.2) is 8.78 Å². The molecule has 0 aliphatic carbocycles. The Kier molecular flexibility index (Phi) is 3.80. The maximum absolute atomic E-state index is 12.7. The summed E-state index contributed by atoms with van der Waals surface area (Å²) in [5.74, 6) is -0.627. The molecule has 0 saturated heterocycles. The predicted octanol–water partition coefficient (Wildman–Crippen LogP) is 3.06. The van der Waals surface area contributed by atoms with Crippen LogP contribution >= 0.6 is 0 Å². The summed E-state index contributed by atoms with van der Waals surface area (Å²) in [6.07, 6.45) is 0. The van der Waals surface area contributed by atoms with Gasteiger partial charge in [-0.1, -0.05) is 18.2 Å². The molecule has 0 fully saturated rings. The van der Waals surface area contributed by atoms with Crippen molar-refractivity contribution in [1.82, 2.24) is 0 Å². The zero-order valence-corrected chi connectivity index (χ0v) is 10.5. The van der Waals surface area contributed by atoms with E-state index in [1.807, 2.05) is 0 Å². The quantitative estimate of drug-likeness (QED) is 0.810. The molecular formula is C13H10F2O3S. The smallest absolute Gasteiger partial charge is 0.339 e. The van der Waals surface area contributed by atoms with E-state index in [2.05, 4.69) is 0 Å². The SMILES string of the molecule is O=S(=O)(Oc1ccccc1CF)c1ccc(F)cc1. The molecule has 0 aromatic heterocycles. The average molecular weight is 284 g/mol. The Morgan fingerprint density at radius 2 is 1.63 bits per heavy atom. The Balaban J connectivity index is 2.34. The van der Waals surface area contributed by atoms with Crippen LogP contribution in [0.4, 0.5) is 8.78 Å². The number of halogens is 2. The molecule has 0 N–H and O–H groups in total. The number of alkyl halides is 1. The second-order valence-electron chi connectivity index (χ2n) is 3.73. The molecule has 3 nitrogen and oxygen atoms in total. The average Bonchev–Trinajstić information content (AvgIpc) is 2.39. The summed E-state index contributed by atoms with van der Waals surface area (Å²) < 4.78 is 54.1. The van der Waals surface area contributed by atoms with Crippen LogP contribution in [-0.2, 0) is 16.8 Å². The highest BCUT2D eigenvalue weighted by atomic mass is 32.2. The third kappa shape index (κ3) is 3.08. The van der Waals surface area contributed by atoms with Crippen LogP contribution in [0.5, 0.6) is 5.75 Å². The van der Waals surface area contributed by atoms with Crippen LogP contribution in [0.25, 0.3) is 0 Å². The van der Waals surface area contributed by atoms with Gasteiger partial charge in [0, 0.05) is 5.56 Å². The van der Waals surface area contributed by atoms with E-state index in [0.29, 0.717) is 0 Å². The number of hydrogen-bond acceptors (Lipinski definition) is 3. The van der Waals surface area contributed by atoms with Gasteiger partial charge in [0.1, 0.15) is 23.1 Å². The van der Waals surface area contributed by atoms with E-state index in [1.54, 1.807) is 6.07 Å². The summed E-state index contributed by atoms with van der Waals surface area (Å²) in [5, 5.41) is 0. The molecule has 0 heterocycles. The highest BCUT2D eigenvalue weighted by Gasteiger charge is 2.18. The molecule has 6 heteroatoms. The van der Waals surface area contributed by atoms with Gasteiger partial charge in [-0.15, -0.1) is 0 Å². The van der Waals surface area contributed by atoms with Crippen molar-refractivity contribution >= 4 is 10.1 Å². The van der Waals surface area contributed by atoms with E-state index in [4.69, 9.17) is 4.18 Å². The minimum Gasteiger partial charge on any atom is -0.379 e. The van der Waals surface area contributed by atoms with Gasteiger partial charge in [-0.3, -0.25) is 0 Å². The molecule has 0 radical (unpaired) electrons. The summed E-state index contributed by atoms with van der Waals surface area (Å²) in [4.78, 5) is -0.192. The molecule has 0 spiro atoms. The molecule has 0 atom stereocenters. The van der Waals surface area contributed by atoms with Gasteiger partial charge >= 0.3 is 10.1 Å². The van der Waals surface area contributed by atoms with E-state index in [0.717, 1.165) is 24.3 Å². The van der Waals surface area contributed by atoms with Crippen molar-refractivity contribution in [1.29, 1.82) is 0 Å². The molecule has 2 rings (SSSR count). The standard InChI is InChI=1S/C13H10F2O3S/c14-9-10-3-1-2-4-13(10)18-19(16,17)12-7-5-11(15)6-8-12/h1-8H,9H2. The summed E-state index contributed by atoms with van der Waals surface area (Å²) >= 11 is 0. The van der Waals surface area contributed by atoms with Crippen molar-refractivity contribution in [2.75, 3.05) is 0 Å². The summed E-state index contributed by atoms with van der Waals surface area (Å²) in [6.45, 7) is -0.838. The van der Waals surface area contributed by atoms with E-state index in [1.165, 1.54) is 18.2 Å². The second-order valence-corrected chi connectivity index (χ2v) is 5.28. The summed E-state index contributed by atoms with van der Waals surface area (Å²) in [6, 6.07) is 10.1. The lowest BCUT2D eigenvalue weighted by Crippen LogP contribution is -2.10. The van der Waals surface area contributed by atoms with Gasteiger partial charge in [0.15, 0.2) is 0 Å². The van der Waals surface area contributed by atoms with Gasteiger partial charge in [0.25, 0.3) is 0 Å². The topological polar surface area (TPSA) is 43.4 Å². The monoisotopic (exact) mass is 284 g/mol. The van der Waals surface area contributed by atoms with Gasteiger partial charge in [-0.05, 0) is 30.3 Å². The Hall–Kier alpha value is -1.95. The Bertz CT molecular complexity index is 667. The number of rotatable bonds is 4. The molecule has 0 bridgehead atoms. The van der Waals surface area contributed by atoms with Crippen molar-refractivity contribution in [2.24, 2.45) is 0 Å². The Morgan fingerprint density at radius 1 is 1.00 bits per heavy atom. The first-order valence-corrected chi connectivity index (χ1v) is 6.78. The minimum atomic E-state index is -4.10. The van der Waals surface area contributed by atoms with E-state index in [9.17, 15) is 17.2 Å². The van der Waals surface area contributed by atoms with Crippen molar-refractivity contribution in [3.8, 4) is 5.75 Å². The normalized spacial score (nSPS) is 11.3. The number of hydrogen-bond donors (Lipinski definition) is 0. The second kappa shape index (κ2) is 5.36. The first kappa shape index (κ1) is 13.5. The molecule has 2 aromatic rings. The third-order valence-electron chi connectivity index (χ3n) is 2.42. The number of para-hydroxylation sites is 1. The van der Waals surface area contributed by atoms with Crippen molar-refractivity contribution in [3.05, 3.63) is 59.9 Å². The Labute approximate surface area is 109 Å². The van der Waals surface area contributed by atoms with Crippen LogP contribution in [0.3, 0.4) is 0 Å². The number of benzene rings is 2. The van der Waals surface area contributed by atoms with Gasteiger partial charge in [0.05, 0.1) is 0 Å². The first-order valence-electron chi connectivity index (χ1n) is 5.37. The molecule has 0 aliphatic rings. The van der Waals surface area contributed by atoms with Crippen LogP contribution < -0.4 is 4.18 Å². The van der Waals surface area contributed by atoms with Crippen molar-refractivity contribution < 1.29 is 21.4 Å². The fraction of sp³-hybridized carbons (Fsp3) is 0.0769. The minimum absolute atomic E-state index is 0.0747. The molecule has 19 heavy (non-hydrogen) atoms. The summed E-state index contributed by atoms with van der Waals surface area (Å²) in [7, 11) is -4.10. The maximum Gasteiger partial charge on any atom is 0.339 e. The lowest BCUT2D eigenvalue weighted by atomic mass is 10.2. The van der Waals surface area contributed by atoms with E-state index >= 15 is 0 Å². The van der Waals surface area contributed by atoms with E-state index in [-0.39, 0.29) is 16.2 Å². The van der Waals surface area contributed by atoms with E-state index < -0.39 is 22.6 Å². The van der Waals surface area contributed by atoms with Gasteiger partial charge < -0.3 is 4.18 Å². The van der Waals surface area contributed by atoms with Crippen molar-refractivity contribution in [3.63, 3.8) is 0 Å². The molecule has 0 aliphatic heterocycles. The first-order chi connectivity index (χ1) is 9.03. The lowest BCUT2D eigenvalue weighted by Gasteiger charge is -2.09. The zero-order chi connectivity index (χ0) is 13.9. The maximum atomic E-state index is 12.7. The molecular weight excluding hydrogens is 274 g/mol. The van der Waals surface area contributed by atoms with Crippen LogP contribution in [0.15, 0.2) is 53.4 Å². The fourth-order valence-electron chi connectivity index (χ4n) is 1.46. The van der Waals surface area contributed by atoms with Gasteiger partial charge in [0.2, 0.25) is 0 Å². The van der Waals surface area contributed by atoms with Gasteiger partial charge in [-0.2, -0.15) is 8.42 Å². The zero-order valence-electron chi connectivity index (χ0n) is 9.71. The molecule has 0 saturated carbocycles. The lowest BCUT2D eigenvalue weighted by molar-refractivity contribution is 0.453. The summed E-state index contributed by atoms with van der Waals surface area (Å²) in [5.41, 5.74) is 0.133. The van der Waals surface area contributed by atoms with Crippen LogP contribution in [-0.4, -0.2) is 8.42 Å². The highest BCUT2D eigenvalue weighted by Crippen LogP contribution is 2.23. The largest absolute Gasteiger partial charge is 0.379 e. The molecule has 0 amide bonds. The van der Waals surface area contributed by atoms with Crippen LogP contribution in [0, 0.1) is 5.82 Å². The van der Waals surface area contributed by atoms with Crippen LogP contribution in [0.2, 0.25) is 0 Å². The molecule has 2 aromatic carbocycles. The highest BCUT2D eigenvalue weighted by molar-refractivity contribution is 7.87. The predicted molar refractivity (Wildman–Crippen MR) is 65.5 cm³/mol. The molecule has 100 valence electrons. The van der Waals surface area contributed by atoms with Crippen LogP contribution in [0.1, 0.15) is 5.56 Å². The Morgan fingerprint density at radius 3 is 2.26 bits per heavy atom. The molecule has 0 unspecified atom stereocenters. The fourth-order valence-corrected chi connectivity index (χ4v) is 2.43.